The summed E-state index contributed by atoms with van der Waals surface area (Å²) in [5.74, 6) is 0. The molecule has 2 rings (SSSR count). The van der Waals surface area contributed by atoms with E-state index in [1.807, 2.05) is 12.1 Å². The van der Waals surface area contributed by atoms with Crippen LogP contribution in [0.5, 0.6) is 0 Å². The van der Waals surface area contributed by atoms with E-state index in [1.54, 1.807) is 0 Å². The molecule has 2 nitrogen and oxygen atoms in total. The van der Waals surface area contributed by atoms with Gasteiger partial charge < -0.3 is 0 Å². The van der Waals surface area contributed by atoms with Crippen molar-refractivity contribution < 1.29 is 0 Å². The number of hydrogen-bond donors (Lipinski definition) is 0. The van der Waals surface area contributed by atoms with Gasteiger partial charge in [-0.1, -0.05) is 29.3 Å². The quantitative estimate of drug-likeness (QED) is 0.820. The van der Waals surface area contributed by atoms with E-state index in [-0.39, 0.29) is 0 Å². The van der Waals surface area contributed by atoms with E-state index in [2.05, 4.69) is 55.0 Å². The number of nitrogens with zero attached hydrogens (tertiary/aromatic N) is 2. The highest BCUT2D eigenvalue weighted by Crippen LogP contribution is 2.28. The molecule has 0 atom stereocenters. The number of hydrogen-bond acceptors (Lipinski definition) is 2. The minimum absolute atomic E-state index is 0.926. The van der Waals surface area contributed by atoms with Crippen LogP contribution in [0.1, 0.15) is 25.5 Å². The maximum absolute atomic E-state index is 4.26. The van der Waals surface area contributed by atoms with E-state index < -0.39 is 0 Å². The first-order chi connectivity index (χ1) is 7.72. The molecule has 1 aromatic carbocycles. The Balaban J connectivity index is 2.50. The van der Waals surface area contributed by atoms with Gasteiger partial charge in [-0.15, -0.1) is 0 Å². The van der Waals surface area contributed by atoms with Crippen molar-refractivity contribution >= 4 is 42.8 Å². The van der Waals surface area contributed by atoms with Crippen molar-refractivity contribution in [1.29, 1.82) is 0 Å². The monoisotopic (exact) mass is 342 g/mol. The largest absolute Gasteiger partial charge is 0.154 e. The molecule has 0 N–H and O–H groups in total. The normalized spacial score (nSPS) is 10.9. The first-order valence-corrected chi connectivity index (χ1v) is 6.91. The van der Waals surface area contributed by atoms with Gasteiger partial charge in [-0.3, -0.25) is 0 Å². The molecule has 2 aromatic rings. The topological polar surface area (TPSA) is 25.8 Å². The molecule has 0 amide bonds. The predicted molar refractivity (Wildman–Crippen MR) is 73.6 cm³/mol. The van der Waals surface area contributed by atoms with Gasteiger partial charge >= 0.3 is 0 Å². The van der Waals surface area contributed by atoms with Gasteiger partial charge in [0.15, 0.2) is 0 Å². The Kier molecular flexibility index (Phi) is 3.92. The summed E-state index contributed by atoms with van der Waals surface area (Å²) < 4.78 is 2.14. The number of fused-ring (bicyclic) bond motifs is 1. The summed E-state index contributed by atoms with van der Waals surface area (Å²) in [6, 6.07) is 6.03. The van der Waals surface area contributed by atoms with Gasteiger partial charge in [0.2, 0.25) is 0 Å². The minimum atomic E-state index is 0.926. The lowest BCUT2D eigenvalue weighted by Crippen LogP contribution is -1.96. The molecule has 0 aliphatic heterocycles. The second kappa shape index (κ2) is 5.23. The van der Waals surface area contributed by atoms with E-state index in [1.165, 1.54) is 6.42 Å². The summed E-state index contributed by atoms with van der Waals surface area (Å²) in [6.07, 6.45) is 3.30. The molecule has 0 saturated heterocycles. The summed E-state index contributed by atoms with van der Waals surface area (Å²) in [4.78, 5) is 0. The molecule has 0 saturated carbocycles. The van der Waals surface area contributed by atoms with E-state index in [0.29, 0.717) is 0 Å². The number of aromatic nitrogens is 2. The molecular weight excluding hydrogens is 332 g/mol. The van der Waals surface area contributed by atoms with E-state index >= 15 is 0 Å². The van der Waals surface area contributed by atoms with E-state index in [4.69, 9.17) is 0 Å². The van der Waals surface area contributed by atoms with Crippen molar-refractivity contribution in [3.05, 3.63) is 32.8 Å². The van der Waals surface area contributed by atoms with Crippen LogP contribution in [0.15, 0.2) is 27.1 Å². The Hall–Kier alpha value is -0.480. The van der Waals surface area contributed by atoms with Crippen LogP contribution in [0, 0.1) is 0 Å². The van der Waals surface area contributed by atoms with Crippen LogP contribution in [-0.4, -0.2) is 10.2 Å². The molecule has 0 spiro atoms. The zero-order valence-electron chi connectivity index (χ0n) is 9.00. The number of unbranched alkanes of at least 4 members (excludes halogenated alkanes) is 1. The summed E-state index contributed by atoms with van der Waals surface area (Å²) in [6.45, 7) is 2.18. The maximum Gasteiger partial charge on any atom is 0.0942 e. The Morgan fingerprint density at radius 2 is 2.00 bits per heavy atom. The van der Waals surface area contributed by atoms with Crippen molar-refractivity contribution in [2.24, 2.45) is 0 Å². The number of benzene rings is 1. The molecule has 1 heterocycles. The van der Waals surface area contributed by atoms with Crippen LogP contribution in [0.2, 0.25) is 0 Å². The summed E-state index contributed by atoms with van der Waals surface area (Å²) in [5.41, 5.74) is 1.97. The fourth-order valence-corrected chi connectivity index (χ4v) is 2.55. The molecule has 0 aliphatic carbocycles. The van der Waals surface area contributed by atoms with Crippen LogP contribution >= 0.6 is 31.9 Å². The van der Waals surface area contributed by atoms with E-state index in [9.17, 15) is 0 Å². The average Bonchev–Trinajstić information content (AvgIpc) is 2.29. The standard InChI is InChI=1S/C12H12Br2N2/c1-2-3-4-11-12(14)9-7-8(13)5-6-10(9)15-16-11/h5-7H,2-4H2,1H3. The molecule has 0 fully saturated rings. The van der Waals surface area contributed by atoms with Gasteiger partial charge in [-0.05, 0) is 47.0 Å². The smallest absolute Gasteiger partial charge is 0.0942 e. The molecular formula is C12H12Br2N2. The lowest BCUT2D eigenvalue weighted by molar-refractivity contribution is 0.761. The van der Waals surface area contributed by atoms with Crippen LogP contribution < -0.4 is 0 Å². The summed E-state index contributed by atoms with van der Waals surface area (Å²) in [7, 11) is 0. The van der Waals surface area contributed by atoms with Gasteiger partial charge in [0.1, 0.15) is 0 Å². The third-order valence-electron chi connectivity index (χ3n) is 2.49. The zero-order chi connectivity index (χ0) is 11.5. The van der Waals surface area contributed by atoms with Gasteiger partial charge in [-0.25, -0.2) is 0 Å². The predicted octanol–water partition coefficient (Wildman–Crippen LogP) is 4.50. The lowest BCUT2D eigenvalue weighted by Gasteiger charge is -2.05. The van der Waals surface area contributed by atoms with Gasteiger partial charge in [-0.2, -0.15) is 10.2 Å². The van der Waals surface area contributed by atoms with Crippen LogP contribution in [0.25, 0.3) is 10.9 Å². The Bertz CT molecular complexity index is 512. The third kappa shape index (κ3) is 2.43. The van der Waals surface area contributed by atoms with Crippen molar-refractivity contribution in [2.45, 2.75) is 26.2 Å². The highest BCUT2D eigenvalue weighted by molar-refractivity contribution is 9.11. The molecule has 1 aromatic heterocycles. The Morgan fingerprint density at radius 3 is 2.75 bits per heavy atom. The van der Waals surface area contributed by atoms with Gasteiger partial charge in [0.05, 0.1) is 15.7 Å². The highest BCUT2D eigenvalue weighted by Gasteiger charge is 2.07. The first-order valence-electron chi connectivity index (χ1n) is 5.32. The molecule has 16 heavy (non-hydrogen) atoms. The van der Waals surface area contributed by atoms with Gasteiger partial charge in [0, 0.05) is 9.86 Å². The molecule has 0 radical (unpaired) electrons. The molecule has 0 bridgehead atoms. The zero-order valence-corrected chi connectivity index (χ0v) is 12.2. The van der Waals surface area contributed by atoms with E-state index in [0.717, 1.165) is 38.4 Å². The molecule has 4 heteroatoms. The Morgan fingerprint density at radius 1 is 1.19 bits per heavy atom. The summed E-state index contributed by atoms with van der Waals surface area (Å²) in [5, 5.41) is 9.62. The average molecular weight is 344 g/mol. The highest BCUT2D eigenvalue weighted by atomic mass is 79.9. The fourth-order valence-electron chi connectivity index (χ4n) is 1.59. The third-order valence-corrected chi connectivity index (χ3v) is 3.87. The van der Waals surface area contributed by atoms with Gasteiger partial charge in [0.25, 0.3) is 0 Å². The second-order valence-corrected chi connectivity index (χ2v) is 5.43. The maximum atomic E-state index is 4.26. The fraction of sp³-hybridized carbons (Fsp3) is 0.333. The van der Waals surface area contributed by atoms with Crippen LogP contribution in [-0.2, 0) is 6.42 Å². The number of halogens is 2. The SMILES string of the molecule is CCCCc1nnc2ccc(Br)cc2c1Br. The number of rotatable bonds is 3. The van der Waals surface area contributed by atoms with Crippen LogP contribution in [0.3, 0.4) is 0 Å². The minimum Gasteiger partial charge on any atom is -0.154 e. The molecule has 84 valence electrons. The van der Waals surface area contributed by atoms with Crippen molar-refractivity contribution in [2.75, 3.05) is 0 Å². The number of aryl methyl sites for hydroxylation is 1. The lowest BCUT2D eigenvalue weighted by atomic mass is 10.1. The van der Waals surface area contributed by atoms with Crippen molar-refractivity contribution in [3.63, 3.8) is 0 Å². The molecule has 0 unspecified atom stereocenters. The molecule has 0 aliphatic rings. The van der Waals surface area contributed by atoms with Crippen molar-refractivity contribution in [1.82, 2.24) is 10.2 Å². The Labute approximate surface area is 112 Å². The first kappa shape index (κ1) is 12.0. The van der Waals surface area contributed by atoms with Crippen molar-refractivity contribution in [3.8, 4) is 0 Å². The van der Waals surface area contributed by atoms with Crippen LogP contribution in [0.4, 0.5) is 0 Å². The summed E-state index contributed by atoms with van der Waals surface area (Å²) >= 11 is 7.10. The second-order valence-electron chi connectivity index (χ2n) is 3.73.